The number of carbonyl (C=O) groups excluding carboxylic acids is 1. The van der Waals surface area contributed by atoms with Crippen LogP contribution in [0.25, 0.3) is 0 Å². The molecule has 108 valence electrons. The zero-order chi connectivity index (χ0) is 14.3. The van der Waals surface area contributed by atoms with Gasteiger partial charge in [-0.05, 0) is 48.9 Å². The predicted octanol–water partition coefficient (Wildman–Crippen LogP) is 1.43. The Balaban J connectivity index is 1.79. The van der Waals surface area contributed by atoms with E-state index in [9.17, 15) is 13.2 Å². The number of aryl methyl sites for hydroxylation is 2. The van der Waals surface area contributed by atoms with Crippen LogP contribution in [-0.4, -0.2) is 43.8 Å². The number of sulfone groups is 1. The van der Waals surface area contributed by atoms with Crippen LogP contribution in [0.3, 0.4) is 0 Å². The van der Waals surface area contributed by atoms with Crippen molar-refractivity contribution in [2.75, 3.05) is 18.6 Å². The monoisotopic (exact) mass is 293 g/mol. The molecule has 1 heterocycles. The van der Waals surface area contributed by atoms with E-state index in [1.165, 1.54) is 11.1 Å². The highest BCUT2D eigenvalue weighted by Crippen LogP contribution is 2.24. The molecular weight excluding hydrogens is 274 g/mol. The van der Waals surface area contributed by atoms with Crippen LogP contribution in [0.4, 0.5) is 0 Å². The molecule has 0 aromatic heterocycles. The van der Waals surface area contributed by atoms with Crippen LogP contribution < -0.4 is 0 Å². The second kappa shape index (κ2) is 4.88. The number of fused-ring (bicyclic) bond motifs is 1. The Kier molecular flexibility index (Phi) is 3.32. The highest BCUT2D eigenvalue weighted by Gasteiger charge is 2.33. The van der Waals surface area contributed by atoms with E-state index < -0.39 is 9.84 Å². The van der Waals surface area contributed by atoms with Crippen LogP contribution >= 0.6 is 0 Å². The van der Waals surface area contributed by atoms with Gasteiger partial charge < -0.3 is 4.90 Å². The summed E-state index contributed by atoms with van der Waals surface area (Å²) in [6.45, 7) is 0. The van der Waals surface area contributed by atoms with Gasteiger partial charge in [-0.1, -0.05) is 6.07 Å². The zero-order valence-electron chi connectivity index (χ0n) is 11.6. The molecule has 1 aliphatic carbocycles. The maximum Gasteiger partial charge on any atom is 0.253 e. The third-order valence-corrected chi connectivity index (χ3v) is 6.17. The minimum absolute atomic E-state index is 0.0678. The van der Waals surface area contributed by atoms with Crippen LogP contribution in [0.5, 0.6) is 0 Å². The molecular formula is C15H19NO3S. The molecule has 1 aromatic rings. The number of carbonyl (C=O) groups is 1. The van der Waals surface area contributed by atoms with Gasteiger partial charge in [0.15, 0.2) is 9.84 Å². The summed E-state index contributed by atoms with van der Waals surface area (Å²) in [6, 6.07) is 5.70. The lowest BCUT2D eigenvalue weighted by Gasteiger charge is -2.23. The average molecular weight is 293 g/mol. The van der Waals surface area contributed by atoms with Gasteiger partial charge in [-0.25, -0.2) is 8.42 Å². The summed E-state index contributed by atoms with van der Waals surface area (Å²) in [6.07, 6.45) is 3.84. The highest BCUT2D eigenvalue weighted by atomic mass is 32.2. The predicted molar refractivity (Wildman–Crippen MR) is 77.6 cm³/mol. The van der Waals surface area contributed by atoms with Gasteiger partial charge in [-0.2, -0.15) is 0 Å². The second-order valence-corrected chi connectivity index (χ2v) is 8.04. The van der Waals surface area contributed by atoms with Crippen molar-refractivity contribution in [3.63, 3.8) is 0 Å². The van der Waals surface area contributed by atoms with Crippen LogP contribution in [0, 0.1) is 0 Å². The van der Waals surface area contributed by atoms with Crippen molar-refractivity contribution in [1.82, 2.24) is 4.90 Å². The van der Waals surface area contributed by atoms with Crippen molar-refractivity contribution in [3.05, 3.63) is 34.9 Å². The summed E-state index contributed by atoms with van der Waals surface area (Å²) in [5, 5.41) is 0. The van der Waals surface area contributed by atoms with E-state index in [1.807, 2.05) is 18.2 Å². The van der Waals surface area contributed by atoms with Crippen molar-refractivity contribution < 1.29 is 13.2 Å². The minimum Gasteiger partial charge on any atom is -0.338 e. The Labute approximate surface area is 119 Å². The molecule has 5 heteroatoms. The Morgan fingerprint density at radius 2 is 2.00 bits per heavy atom. The number of nitrogens with zero attached hydrogens (tertiary/aromatic N) is 1. The van der Waals surface area contributed by atoms with Gasteiger partial charge in [0, 0.05) is 18.7 Å². The van der Waals surface area contributed by atoms with Gasteiger partial charge in [-0.15, -0.1) is 0 Å². The molecule has 1 fully saturated rings. The summed E-state index contributed by atoms with van der Waals surface area (Å²) in [4.78, 5) is 14.1. The Morgan fingerprint density at radius 3 is 2.70 bits per heavy atom. The summed E-state index contributed by atoms with van der Waals surface area (Å²) in [5.41, 5.74) is 3.29. The maximum absolute atomic E-state index is 12.5. The molecule has 4 nitrogen and oxygen atoms in total. The first-order chi connectivity index (χ1) is 9.46. The van der Waals surface area contributed by atoms with Crippen molar-refractivity contribution in [2.24, 2.45) is 0 Å². The zero-order valence-corrected chi connectivity index (χ0v) is 12.4. The molecule has 0 radical (unpaired) electrons. The number of hydrogen-bond donors (Lipinski definition) is 0. The first-order valence-electron chi connectivity index (χ1n) is 7.06. The summed E-state index contributed by atoms with van der Waals surface area (Å²) in [7, 11) is -1.25. The quantitative estimate of drug-likeness (QED) is 0.829. The van der Waals surface area contributed by atoms with E-state index in [0.717, 1.165) is 19.3 Å². The van der Waals surface area contributed by atoms with Crippen molar-refractivity contribution in [3.8, 4) is 0 Å². The topological polar surface area (TPSA) is 54.5 Å². The molecule has 1 aromatic carbocycles. The first kappa shape index (κ1) is 13.6. The molecule has 3 rings (SSSR count). The van der Waals surface area contributed by atoms with Crippen LogP contribution in [0.2, 0.25) is 0 Å². The summed E-state index contributed by atoms with van der Waals surface area (Å²) in [5.74, 6) is 0.224. The van der Waals surface area contributed by atoms with Crippen LogP contribution in [0.1, 0.15) is 34.3 Å². The third-order valence-electron chi connectivity index (χ3n) is 4.42. The number of amides is 1. The van der Waals surface area contributed by atoms with Gasteiger partial charge in [0.05, 0.1) is 11.5 Å². The van der Waals surface area contributed by atoms with Crippen molar-refractivity contribution >= 4 is 15.7 Å². The molecule has 1 aliphatic heterocycles. The normalized spacial score (nSPS) is 23.6. The minimum atomic E-state index is -2.96. The van der Waals surface area contributed by atoms with E-state index in [1.54, 1.807) is 11.9 Å². The van der Waals surface area contributed by atoms with Gasteiger partial charge in [0.1, 0.15) is 0 Å². The Hall–Kier alpha value is -1.36. The lowest BCUT2D eigenvalue weighted by Crippen LogP contribution is -2.37. The largest absolute Gasteiger partial charge is 0.338 e. The van der Waals surface area contributed by atoms with Crippen molar-refractivity contribution in [1.29, 1.82) is 0 Å². The van der Waals surface area contributed by atoms with E-state index in [-0.39, 0.29) is 23.5 Å². The van der Waals surface area contributed by atoms with E-state index >= 15 is 0 Å². The fourth-order valence-electron chi connectivity index (χ4n) is 3.16. The van der Waals surface area contributed by atoms with Crippen LogP contribution in [0.15, 0.2) is 18.2 Å². The molecule has 0 bridgehead atoms. The lowest BCUT2D eigenvalue weighted by atomic mass is 10.0. The first-order valence-corrected chi connectivity index (χ1v) is 8.88. The third kappa shape index (κ3) is 2.46. The standard InChI is InChI=1S/C15H19NO3S/c1-16(14-7-8-20(18,19)10-14)15(17)13-6-5-11-3-2-4-12(11)9-13/h5-6,9,14H,2-4,7-8,10H2,1H3. The second-order valence-electron chi connectivity index (χ2n) is 5.81. The Morgan fingerprint density at radius 1 is 1.25 bits per heavy atom. The molecule has 0 N–H and O–H groups in total. The molecule has 0 saturated carbocycles. The molecule has 0 spiro atoms. The van der Waals surface area contributed by atoms with E-state index in [4.69, 9.17) is 0 Å². The molecule has 1 saturated heterocycles. The smallest absolute Gasteiger partial charge is 0.253 e. The van der Waals surface area contributed by atoms with E-state index in [2.05, 4.69) is 0 Å². The van der Waals surface area contributed by atoms with Crippen LogP contribution in [-0.2, 0) is 22.7 Å². The van der Waals surface area contributed by atoms with Gasteiger partial charge in [-0.3, -0.25) is 4.79 Å². The summed E-state index contributed by atoms with van der Waals surface area (Å²) < 4.78 is 23.0. The van der Waals surface area contributed by atoms with Gasteiger partial charge in [0.25, 0.3) is 5.91 Å². The number of rotatable bonds is 2. The molecule has 2 aliphatic rings. The molecule has 1 atom stereocenters. The highest BCUT2D eigenvalue weighted by molar-refractivity contribution is 7.91. The van der Waals surface area contributed by atoms with Gasteiger partial charge in [0.2, 0.25) is 0 Å². The molecule has 1 amide bonds. The van der Waals surface area contributed by atoms with Crippen molar-refractivity contribution in [2.45, 2.75) is 31.7 Å². The molecule has 20 heavy (non-hydrogen) atoms. The fraction of sp³-hybridized carbons (Fsp3) is 0.533. The lowest BCUT2D eigenvalue weighted by molar-refractivity contribution is 0.0747. The van der Waals surface area contributed by atoms with E-state index in [0.29, 0.717) is 12.0 Å². The number of benzene rings is 1. The fourth-order valence-corrected chi connectivity index (χ4v) is 4.93. The van der Waals surface area contributed by atoms with Gasteiger partial charge >= 0.3 is 0 Å². The summed E-state index contributed by atoms with van der Waals surface area (Å²) >= 11 is 0. The average Bonchev–Trinajstić information content (AvgIpc) is 3.02. The SMILES string of the molecule is CN(C(=O)c1ccc2c(c1)CCC2)C1CCS(=O)(=O)C1. The Bertz CT molecular complexity index is 651. The maximum atomic E-state index is 12.5. The molecule has 1 unspecified atom stereocenters. The number of hydrogen-bond acceptors (Lipinski definition) is 3.